The van der Waals surface area contributed by atoms with Crippen LogP contribution >= 0.6 is 0 Å². The number of hydrogen-bond acceptors (Lipinski definition) is 8. The van der Waals surface area contributed by atoms with E-state index in [1.165, 1.54) is 0 Å². The minimum absolute atomic E-state index is 0.159. The van der Waals surface area contributed by atoms with Crippen LogP contribution in [0.1, 0.15) is 78.1 Å². The van der Waals surface area contributed by atoms with Crippen LogP contribution in [0.15, 0.2) is 54.1 Å². The van der Waals surface area contributed by atoms with Crippen molar-refractivity contribution in [2.45, 2.75) is 147 Å². The number of benzene rings is 1. The van der Waals surface area contributed by atoms with Crippen LogP contribution in [-0.2, 0) is 27.8 Å². The fourth-order valence-electron chi connectivity index (χ4n) is 10.2. The first-order valence-electron chi connectivity index (χ1n) is 18.1. The molecule has 2 aliphatic heterocycles. The third-order valence-corrected chi connectivity index (χ3v) is 18.5. The maximum absolute atomic E-state index is 14.4. The summed E-state index contributed by atoms with van der Waals surface area (Å²) in [7, 11) is -3.53. The Bertz CT molecular complexity index is 1400. The SMILES string of the molecule is C=CC1O[C@@H]2C3=C(C)[C@@H](O[Si](CC)(CC)CC)C[C@@](O[Si](C)C)([C@@H](OC(=O)c4ccccc4)[C@H]4[C@@](C)(CC[C@H]5OC[C@]54O)[C@@H]2O1)C3(C)C. The molecular formula is C38H57O8Si2. The molecule has 1 aromatic rings. The van der Waals surface area contributed by atoms with Crippen molar-refractivity contribution in [1.29, 1.82) is 0 Å². The maximum atomic E-state index is 14.4. The Morgan fingerprint density at radius 3 is 2.33 bits per heavy atom. The van der Waals surface area contributed by atoms with Crippen molar-refractivity contribution in [2.24, 2.45) is 16.7 Å². The molecule has 6 rings (SSSR count). The van der Waals surface area contributed by atoms with Gasteiger partial charge in [-0.1, -0.05) is 66.3 Å². The van der Waals surface area contributed by atoms with E-state index in [2.05, 4.69) is 68.1 Å². The van der Waals surface area contributed by atoms with Gasteiger partial charge in [-0.05, 0) is 80.3 Å². The Balaban J connectivity index is 1.66. The first-order chi connectivity index (χ1) is 22.7. The van der Waals surface area contributed by atoms with E-state index in [4.69, 9.17) is 27.8 Å². The Hall–Kier alpha value is -1.64. The van der Waals surface area contributed by atoms with Crippen molar-refractivity contribution in [3.05, 3.63) is 59.7 Å². The van der Waals surface area contributed by atoms with Gasteiger partial charge in [-0.3, -0.25) is 0 Å². The summed E-state index contributed by atoms with van der Waals surface area (Å²) in [6.45, 7) is 24.1. The molecule has 1 aromatic carbocycles. The van der Waals surface area contributed by atoms with Crippen molar-refractivity contribution < 1.29 is 37.7 Å². The molecule has 48 heavy (non-hydrogen) atoms. The van der Waals surface area contributed by atoms with Crippen LogP contribution in [0.4, 0.5) is 0 Å². The lowest BCUT2D eigenvalue weighted by atomic mass is 9.45. The van der Waals surface area contributed by atoms with E-state index < -0.39 is 75.9 Å². The summed E-state index contributed by atoms with van der Waals surface area (Å²) in [4.78, 5) is 14.4. The molecule has 2 saturated heterocycles. The molecule has 3 aliphatic carbocycles. The van der Waals surface area contributed by atoms with Gasteiger partial charge in [0, 0.05) is 23.2 Å². The summed E-state index contributed by atoms with van der Waals surface area (Å²) < 4.78 is 41.6. The molecule has 1 radical (unpaired) electrons. The molecule has 5 aliphatic rings. The topological polar surface area (TPSA) is 92.7 Å². The van der Waals surface area contributed by atoms with Crippen LogP contribution in [0, 0.1) is 16.7 Å². The van der Waals surface area contributed by atoms with E-state index in [1.54, 1.807) is 18.2 Å². The Labute approximate surface area is 290 Å². The number of ether oxygens (including phenoxy) is 4. The second-order valence-electron chi connectivity index (χ2n) is 15.9. The summed E-state index contributed by atoms with van der Waals surface area (Å²) in [5, 5.41) is 12.8. The highest BCUT2D eigenvalue weighted by Crippen LogP contribution is 2.67. The van der Waals surface area contributed by atoms with Crippen molar-refractivity contribution in [1.82, 2.24) is 0 Å². The average molecular weight is 698 g/mol. The van der Waals surface area contributed by atoms with Gasteiger partial charge in [0.2, 0.25) is 9.04 Å². The molecular weight excluding hydrogens is 641 g/mol. The monoisotopic (exact) mass is 697 g/mol. The number of carbonyl (C=O) groups is 1. The van der Waals surface area contributed by atoms with Crippen molar-refractivity contribution in [2.75, 3.05) is 6.61 Å². The van der Waals surface area contributed by atoms with E-state index in [0.29, 0.717) is 24.8 Å². The molecule has 265 valence electrons. The molecule has 1 unspecified atom stereocenters. The van der Waals surface area contributed by atoms with Gasteiger partial charge in [-0.25, -0.2) is 4.79 Å². The van der Waals surface area contributed by atoms with Crippen LogP contribution in [0.3, 0.4) is 0 Å². The smallest absolute Gasteiger partial charge is 0.338 e. The maximum Gasteiger partial charge on any atom is 0.338 e. The largest absolute Gasteiger partial charge is 0.455 e. The number of hydrogen-bond donors (Lipinski definition) is 1. The van der Waals surface area contributed by atoms with Crippen LogP contribution in [0.25, 0.3) is 0 Å². The van der Waals surface area contributed by atoms with Crippen molar-refractivity contribution >= 4 is 23.3 Å². The molecule has 10 atom stereocenters. The van der Waals surface area contributed by atoms with Crippen LogP contribution in [-0.4, -0.2) is 83.1 Å². The number of esters is 1. The van der Waals surface area contributed by atoms with Crippen LogP contribution in [0.2, 0.25) is 31.2 Å². The van der Waals surface area contributed by atoms with Gasteiger partial charge in [0.15, 0.2) is 14.6 Å². The number of rotatable bonds is 10. The summed E-state index contributed by atoms with van der Waals surface area (Å²) in [6.07, 6.45) is 0.620. The molecule has 4 fully saturated rings. The number of aliphatic hydroxyl groups is 1. The molecule has 1 N–H and O–H groups in total. The minimum Gasteiger partial charge on any atom is -0.455 e. The summed E-state index contributed by atoms with van der Waals surface area (Å²) >= 11 is 0. The Kier molecular flexibility index (Phi) is 9.68. The van der Waals surface area contributed by atoms with E-state index in [9.17, 15) is 9.90 Å². The van der Waals surface area contributed by atoms with Gasteiger partial charge in [-0.15, -0.1) is 0 Å². The fraction of sp³-hybridized carbons (Fsp3) is 0.711. The highest BCUT2D eigenvalue weighted by atomic mass is 28.4. The molecule has 2 bridgehead atoms. The van der Waals surface area contributed by atoms with E-state index in [-0.39, 0.29) is 18.8 Å². The van der Waals surface area contributed by atoms with Crippen molar-refractivity contribution in [3.63, 3.8) is 0 Å². The van der Waals surface area contributed by atoms with Gasteiger partial charge in [0.25, 0.3) is 0 Å². The molecule has 0 spiro atoms. The quantitative estimate of drug-likeness (QED) is 0.156. The minimum atomic E-state index is -2.13. The zero-order valence-electron chi connectivity index (χ0n) is 30.5. The molecule has 0 aromatic heterocycles. The fourth-order valence-corrected chi connectivity index (χ4v) is 14.3. The van der Waals surface area contributed by atoms with E-state index >= 15 is 0 Å². The predicted molar refractivity (Wildman–Crippen MR) is 189 cm³/mol. The van der Waals surface area contributed by atoms with Gasteiger partial charge in [0.05, 0.1) is 30.5 Å². The van der Waals surface area contributed by atoms with Gasteiger partial charge in [0.1, 0.15) is 23.4 Å². The molecule has 8 nitrogen and oxygen atoms in total. The Morgan fingerprint density at radius 2 is 1.77 bits per heavy atom. The summed E-state index contributed by atoms with van der Waals surface area (Å²) in [5.41, 5.74) is -0.947. The standard InChI is InChI=1S/C38H57O8Si2/c1-11-28-42-30-29-24(5)26(45-48(12-2,13-3)14-4)22-38(35(29,6)7,46-47(9)10)33(44-34(39)25-18-16-15-17-19-25)31-36(8,32(30)43-28)21-20-27-37(31,40)23-41-27/h11,15-19,26-28,30-33,40H,1,12-14,20-23H2,2-10H3/t26-,27+,28?,30+,31-,32+,33-,36+,37-,38+/m0/s1. The molecule has 10 heteroatoms. The first kappa shape index (κ1) is 36.2. The highest BCUT2D eigenvalue weighted by Gasteiger charge is 2.76. The van der Waals surface area contributed by atoms with Crippen LogP contribution in [0.5, 0.6) is 0 Å². The molecule has 2 saturated carbocycles. The van der Waals surface area contributed by atoms with E-state index in [1.807, 2.05) is 18.2 Å². The van der Waals surface area contributed by atoms with Crippen molar-refractivity contribution in [3.8, 4) is 0 Å². The first-order valence-corrected chi connectivity index (χ1v) is 23.0. The number of carbonyl (C=O) groups excluding carboxylic acids is 1. The summed E-state index contributed by atoms with van der Waals surface area (Å²) in [6, 6.07) is 12.2. The highest BCUT2D eigenvalue weighted by molar-refractivity contribution is 6.73. The van der Waals surface area contributed by atoms with Gasteiger partial charge < -0.3 is 32.9 Å². The zero-order valence-corrected chi connectivity index (χ0v) is 32.5. The second-order valence-corrected chi connectivity index (χ2v) is 22.6. The predicted octanol–water partition coefficient (Wildman–Crippen LogP) is 7.21. The summed E-state index contributed by atoms with van der Waals surface area (Å²) in [5.74, 6) is -1.00. The zero-order chi connectivity index (χ0) is 34.9. The van der Waals surface area contributed by atoms with Crippen LogP contribution < -0.4 is 0 Å². The second kappa shape index (κ2) is 12.8. The number of fused-ring (bicyclic) bond motifs is 8. The van der Waals surface area contributed by atoms with E-state index in [0.717, 1.165) is 29.3 Å². The normalized spacial score (nSPS) is 40.2. The lowest BCUT2D eigenvalue weighted by molar-refractivity contribution is -0.341. The molecule has 2 heterocycles. The molecule has 0 amide bonds. The third-order valence-electron chi connectivity index (χ3n) is 13.1. The lowest BCUT2D eigenvalue weighted by Gasteiger charge is -2.68. The average Bonchev–Trinajstić information content (AvgIpc) is 3.48. The Morgan fingerprint density at radius 1 is 1.10 bits per heavy atom. The lowest BCUT2D eigenvalue weighted by Crippen LogP contribution is -2.79. The van der Waals surface area contributed by atoms with Gasteiger partial charge >= 0.3 is 5.97 Å². The van der Waals surface area contributed by atoms with Gasteiger partial charge in [-0.2, -0.15) is 0 Å². The third kappa shape index (κ3) is 5.31.